The average Bonchev–Trinajstić information content (AvgIpc) is 2.65. The fourth-order valence-electron chi connectivity index (χ4n) is 2.21. The molecule has 0 heterocycles. The van der Waals surface area contributed by atoms with Crippen LogP contribution in [0, 0.1) is 0 Å². The molecule has 0 spiro atoms. The molecule has 27 heavy (non-hydrogen) atoms. The molecule has 7 nitrogen and oxygen atoms in total. The van der Waals surface area contributed by atoms with Crippen LogP contribution in [-0.2, 0) is 14.2 Å². The Morgan fingerprint density at radius 1 is 0.963 bits per heavy atom. The maximum absolute atomic E-state index is 12.1. The van der Waals surface area contributed by atoms with Crippen LogP contribution in [0.2, 0.25) is 0 Å². The molecule has 0 saturated carbocycles. The normalized spacial score (nSPS) is 11.0. The van der Waals surface area contributed by atoms with Crippen molar-refractivity contribution in [3.05, 3.63) is 29.8 Å². The van der Waals surface area contributed by atoms with Gasteiger partial charge in [-0.1, -0.05) is 6.07 Å². The average molecular weight is 383 g/mol. The quantitative estimate of drug-likeness (QED) is 0.425. The van der Waals surface area contributed by atoms with Gasteiger partial charge in [0.1, 0.15) is 5.75 Å². The summed E-state index contributed by atoms with van der Waals surface area (Å²) in [6.45, 7) is 8.66. The standard InChI is InChI=1S/C20H34N2O5/c1-17(2)27-19-7-4-6-18(16-19)20(23)22-9-11-25-13-15-26-14-12-24-10-5-8-21-3/h4,6-7,16-17,21H,5,8-15H2,1-3H3,(H,22,23). The Bertz CT molecular complexity index is 511. The van der Waals surface area contributed by atoms with Crippen LogP contribution in [-0.4, -0.2) is 71.8 Å². The van der Waals surface area contributed by atoms with Gasteiger partial charge in [0.25, 0.3) is 5.91 Å². The van der Waals surface area contributed by atoms with Crippen LogP contribution in [0.3, 0.4) is 0 Å². The second kappa shape index (κ2) is 15.4. The molecule has 0 radical (unpaired) electrons. The molecule has 154 valence electrons. The summed E-state index contributed by atoms with van der Waals surface area (Å²) in [6, 6.07) is 7.15. The van der Waals surface area contributed by atoms with Crippen molar-refractivity contribution in [1.29, 1.82) is 0 Å². The van der Waals surface area contributed by atoms with Gasteiger partial charge in [-0.25, -0.2) is 0 Å². The number of carbonyl (C=O) groups excluding carboxylic acids is 1. The lowest BCUT2D eigenvalue weighted by Crippen LogP contribution is -2.27. The fourth-order valence-corrected chi connectivity index (χ4v) is 2.21. The lowest BCUT2D eigenvalue weighted by Gasteiger charge is -2.11. The summed E-state index contributed by atoms with van der Waals surface area (Å²) in [5.74, 6) is 0.552. The van der Waals surface area contributed by atoms with Crippen LogP contribution in [0.1, 0.15) is 30.6 Å². The Hall–Kier alpha value is -1.67. The summed E-state index contributed by atoms with van der Waals surface area (Å²) in [7, 11) is 1.93. The summed E-state index contributed by atoms with van der Waals surface area (Å²) >= 11 is 0. The first-order chi connectivity index (χ1) is 13.1. The molecule has 0 bridgehead atoms. The van der Waals surface area contributed by atoms with Crippen molar-refractivity contribution in [3.63, 3.8) is 0 Å². The zero-order chi connectivity index (χ0) is 19.7. The van der Waals surface area contributed by atoms with Crippen molar-refractivity contribution in [1.82, 2.24) is 10.6 Å². The molecule has 0 aromatic heterocycles. The smallest absolute Gasteiger partial charge is 0.251 e. The summed E-state index contributed by atoms with van der Waals surface area (Å²) in [5.41, 5.74) is 0.575. The van der Waals surface area contributed by atoms with E-state index in [0.717, 1.165) is 19.6 Å². The van der Waals surface area contributed by atoms with Crippen molar-refractivity contribution >= 4 is 5.91 Å². The highest BCUT2D eigenvalue weighted by Gasteiger charge is 2.07. The van der Waals surface area contributed by atoms with E-state index < -0.39 is 0 Å². The molecule has 0 aliphatic rings. The fraction of sp³-hybridized carbons (Fsp3) is 0.650. The highest BCUT2D eigenvalue weighted by Crippen LogP contribution is 2.14. The van der Waals surface area contributed by atoms with Gasteiger partial charge in [-0.15, -0.1) is 0 Å². The van der Waals surface area contributed by atoms with E-state index in [9.17, 15) is 4.79 Å². The minimum Gasteiger partial charge on any atom is -0.491 e. The number of hydrogen-bond donors (Lipinski definition) is 2. The van der Waals surface area contributed by atoms with Gasteiger partial charge in [-0.3, -0.25) is 4.79 Å². The molecule has 1 aromatic rings. The molecule has 0 fully saturated rings. The Morgan fingerprint density at radius 3 is 2.30 bits per heavy atom. The van der Waals surface area contributed by atoms with Crippen LogP contribution in [0.4, 0.5) is 0 Å². The maximum Gasteiger partial charge on any atom is 0.251 e. The van der Waals surface area contributed by atoms with Crippen LogP contribution < -0.4 is 15.4 Å². The maximum atomic E-state index is 12.1. The van der Waals surface area contributed by atoms with Gasteiger partial charge < -0.3 is 29.6 Å². The molecule has 2 N–H and O–H groups in total. The van der Waals surface area contributed by atoms with Crippen molar-refractivity contribution in [3.8, 4) is 5.75 Å². The number of ether oxygens (including phenoxy) is 4. The van der Waals surface area contributed by atoms with E-state index in [1.165, 1.54) is 0 Å². The third-order valence-corrected chi connectivity index (χ3v) is 3.46. The van der Waals surface area contributed by atoms with E-state index in [1.807, 2.05) is 33.0 Å². The minimum atomic E-state index is -0.139. The lowest BCUT2D eigenvalue weighted by atomic mass is 10.2. The zero-order valence-electron chi connectivity index (χ0n) is 16.8. The zero-order valence-corrected chi connectivity index (χ0v) is 16.8. The molecule has 1 amide bonds. The van der Waals surface area contributed by atoms with Crippen molar-refractivity contribution in [2.24, 2.45) is 0 Å². The molecular weight excluding hydrogens is 348 g/mol. The number of nitrogens with one attached hydrogen (secondary N) is 2. The number of benzene rings is 1. The second-order valence-electron chi connectivity index (χ2n) is 6.24. The first-order valence-electron chi connectivity index (χ1n) is 9.56. The third kappa shape index (κ3) is 12.4. The molecule has 0 unspecified atom stereocenters. The molecular formula is C20H34N2O5. The number of hydrogen-bond acceptors (Lipinski definition) is 6. The number of amides is 1. The van der Waals surface area contributed by atoms with E-state index in [1.54, 1.807) is 12.1 Å². The summed E-state index contributed by atoms with van der Waals surface area (Å²) in [5, 5.41) is 5.90. The Labute approximate surface area is 162 Å². The first kappa shape index (κ1) is 23.4. The van der Waals surface area contributed by atoms with Crippen LogP contribution >= 0.6 is 0 Å². The van der Waals surface area contributed by atoms with Crippen LogP contribution in [0.5, 0.6) is 5.75 Å². The second-order valence-corrected chi connectivity index (χ2v) is 6.24. The predicted molar refractivity (Wildman–Crippen MR) is 106 cm³/mol. The molecule has 7 heteroatoms. The van der Waals surface area contributed by atoms with E-state index in [4.69, 9.17) is 18.9 Å². The van der Waals surface area contributed by atoms with Gasteiger partial charge in [0.05, 0.1) is 39.1 Å². The van der Waals surface area contributed by atoms with E-state index in [-0.39, 0.29) is 12.0 Å². The van der Waals surface area contributed by atoms with Gasteiger partial charge >= 0.3 is 0 Å². The summed E-state index contributed by atoms with van der Waals surface area (Å²) in [4.78, 5) is 12.1. The van der Waals surface area contributed by atoms with Gasteiger partial charge in [-0.05, 0) is 52.1 Å². The van der Waals surface area contributed by atoms with E-state index in [2.05, 4.69) is 10.6 Å². The Morgan fingerprint density at radius 2 is 1.63 bits per heavy atom. The topological polar surface area (TPSA) is 78.0 Å². The van der Waals surface area contributed by atoms with Gasteiger partial charge in [0.2, 0.25) is 0 Å². The van der Waals surface area contributed by atoms with Crippen molar-refractivity contribution in [2.75, 3.05) is 59.8 Å². The molecule has 0 atom stereocenters. The summed E-state index contributed by atoms with van der Waals surface area (Å²) < 4.78 is 21.9. The molecule has 0 saturated heterocycles. The number of rotatable bonds is 16. The highest BCUT2D eigenvalue weighted by atomic mass is 16.5. The predicted octanol–water partition coefficient (Wildman–Crippen LogP) is 1.86. The van der Waals surface area contributed by atoms with Crippen molar-refractivity contribution in [2.45, 2.75) is 26.4 Å². The molecule has 0 aliphatic carbocycles. The summed E-state index contributed by atoms with van der Waals surface area (Å²) in [6.07, 6.45) is 1.07. The Kier molecular flexibility index (Phi) is 13.3. The third-order valence-electron chi connectivity index (χ3n) is 3.46. The molecule has 0 aliphatic heterocycles. The molecule has 1 aromatic carbocycles. The van der Waals surface area contributed by atoms with Crippen LogP contribution in [0.25, 0.3) is 0 Å². The van der Waals surface area contributed by atoms with E-state index >= 15 is 0 Å². The van der Waals surface area contributed by atoms with Gasteiger partial charge in [0.15, 0.2) is 0 Å². The highest BCUT2D eigenvalue weighted by molar-refractivity contribution is 5.94. The lowest BCUT2D eigenvalue weighted by molar-refractivity contribution is 0.0148. The Balaban J connectivity index is 2.00. The van der Waals surface area contributed by atoms with Gasteiger partial charge in [-0.2, -0.15) is 0 Å². The number of carbonyl (C=O) groups is 1. The largest absolute Gasteiger partial charge is 0.491 e. The van der Waals surface area contributed by atoms with Crippen LogP contribution in [0.15, 0.2) is 24.3 Å². The molecule has 1 rings (SSSR count). The minimum absolute atomic E-state index is 0.0730. The monoisotopic (exact) mass is 382 g/mol. The van der Waals surface area contributed by atoms with E-state index in [0.29, 0.717) is 50.9 Å². The van der Waals surface area contributed by atoms with Crippen molar-refractivity contribution < 1.29 is 23.7 Å². The SMILES string of the molecule is CNCCCOCCOCCOCCNC(=O)c1cccc(OC(C)C)c1. The first-order valence-corrected chi connectivity index (χ1v) is 9.56. The van der Waals surface area contributed by atoms with Gasteiger partial charge in [0, 0.05) is 18.7 Å².